The number of benzene rings is 2. The average molecular weight is 520 g/mol. The Morgan fingerprint density at radius 3 is 1.73 bits per heavy atom. The Bertz CT molecular complexity index is 1760. The van der Waals surface area contributed by atoms with E-state index in [2.05, 4.69) is 66.0 Å². The molecule has 5 nitrogen and oxygen atoms in total. The third-order valence-corrected chi connectivity index (χ3v) is 6.84. The predicted octanol–water partition coefficient (Wildman–Crippen LogP) is 8.66. The summed E-state index contributed by atoms with van der Waals surface area (Å²) in [6, 6.07) is 36.8. The number of anilines is 3. The molecule has 0 bridgehead atoms. The number of hydrogen-bond donors (Lipinski definition) is 0. The zero-order chi connectivity index (χ0) is 27.5. The van der Waals surface area contributed by atoms with Crippen molar-refractivity contribution in [1.29, 1.82) is 0 Å². The minimum atomic E-state index is 0.769. The van der Waals surface area contributed by atoms with Gasteiger partial charge < -0.3 is 0 Å². The number of aryl methyl sites for hydroxylation is 3. The normalized spacial score (nSPS) is 10.9. The summed E-state index contributed by atoms with van der Waals surface area (Å²) in [5.74, 6) is 1.54. The monoisotopic (exact) mass is 519 g/mol. The minimum absolute atomic E-state index is 0.769. The molecule has 0 saturated heterocycles. The Hall–Kier alpha value is -5.16. The van der Waals surface area contributed by atoms with Crippen LogP contribution in [0.25, 0.3) is 33.9 Å². The molecule has 0 atom stereocenters. The van der Waals surface area contributed by atoms with Crippen molar-refractivity contribution in [2.75, 3.05) is 4.90 Å². The highest BCUT2D eigenvalue weighted by atomic mass is 15.2. The standard InChI is InChI=1S/C35H29N5/c1-24-21-25(2)35(26(3)22-24)40(33-16-9-14-30(38-33)29-13-7-8-19-36-29)34-17-10-15-31(39-34)32-23-28(18-20-37-32)27-11-5-4-6-12-27/h4-23H,1-3H3. The van der Waals surface area contributed by atoms with E-state index in [9.17, 15) is 0 Å². The molecule has 0 aliphatic heterocycles. The number of pyridine rings is 4. The van der Waals surface area contributed by atoms with E-state index in [-0.39, 0.29) is 0 Å². The molecule has 0 radical (unpaired) electrons. The molecule has 4 aromatic heterocycles. The van der Waals surface area contributed by atoms with Gasteiger partial charge in [0.05, 0.1) is 28.5 Å². The van der Waals surface area contributed by atoms with Gasteiger partial charge >= 0.3 is 0 Å². The summed E-state index contributed by atoms with van der Waals surface area (Å²) in [4.78, 5) is 21.6. The highest BCUT2D eigenvalue weighted by molar-refractivity contribution is 5.79. The molecule has 0 fully saturated rings. The maximum atomic E-state index is 5.15. The van der Waals surface area contributed by atoms with Gasteiger partial charge in [-0.15, -0.1) is 0 Å². The smallest absolute Gasteiger partial charge is 0.139 e. The van der Waals surface area contributed by atoms with Crippen LogP contribution in [0.15, 0.2) is 122 Å². The summed E-state index contributed by atoms with van der Waals surface area (Å²) >= 11 is 0. The van der Waals surface area contributed by atoms with Crippen LogP contribution in [0.2, 0.25) is 0 Å². The molecule has 6 aromatic rings. The summed E-state index contributed by atoms with van der Waals surface area (Å²) in [6.07, 6.45) is 3.63. The summed E-state index contributed by atoms with van der Waals surface area (Å²) < 4.78 is 0. The van der Waals surface area contributed by atoms with Gasteiger partial charge in [-0.3, -0.25) is 14.9 Å². The van der Waals surface area contributed by atoms with Crippen LogP contribution >= 0.6 is 0 Å². The molecule has 194 valence electrons. The summed E-state index contributed by atoms with van der Waals surface area (Å²) in [7, 11) is 0. The molecule has 4 heterocycles. The van der Waals surface area contributed by atoms with Crippen LogP contribution in [0, 0.1) is 20.8 Å². The minimum Gasteiger partial charge on any atom is -0.278 e. The van der Waals surface area contributed by atoms with Crippen molar-refractivity contribution in [2.24, 2.45) is 0 Å². The van der Waals surface area contributed by atoms with E-state index in [1.54, 1.807) is 6.20 Å². The molecule has 0 aliphatic rings. The van der Waals surface area contributed by atoms with E-state index in [1.165, 1.54) is 5.56 Å². The topological polar surface area (TPSA) is 54.8 Å². The summed E-state index contributed by atoms with van der Waals surface area (Å²) in [6.45, 7) is 6.40. The van der Waals surface area contributed by atoms with Gasteiger partial charge in [0.25, 0.3) is 0 Å². The van der Waals surface area contributed by atoms with E-state index in [4.69, 9.17) is 9.97 Å². The Morgan fingerprint density at radius 1 is 0.475 bits per heavy atom. The Morgan fingerprint density at radius 2 is 1.07 bits per heavy atom. The first-order valence-electron chi connectivity index (χ1n) is 13.3. The van der Waals surface area contributed by atoms with Crippen LogP contribution in [-0.2, 0) is 0 Å². The van der Waals surface area contributed by atoms with Crippen LogP contribution < -0.4 is 4.90 Å². The Kier molecular flexibility index (Phi) is 6.86. The maximum Gasteiger partial charge on any atom is 0.139 e. The molecule has 0 aliphatic carbocycles. The molecule has 6 rings (SSSR count). The van der Waals surface area contributed by atoms with Crippen LogP contribution in [0.5, 0.6) is 0 Å². The summed E-state index contributed by atoms with van der Waals surface area (Å²) in [5.41, 5.74) is 10.1. The highest BCUT2D eigenvalue weighted by Gasteiger charge is 2.21. The third-order valence-electron chi connectivity index (χ3n) is 6.84. The van der Waals surface area contributed by atoms with E-state index >= 15 is 0 Å². The van der Waals surface area contributed by atoms with Crippen molar-refractivity contribution in [2.45, 2.75) is 20.8 Å². The molecular formula is C35H29N5. The molecule has 2 aromatic carbocycles. The lowest BCUT2D eigenvalue weighted by Crippen LogP contribution is -2.16. The SMILES string of the molecule is Cc1cc(C)c(N(c2cccc(-c3ccccn3)n2)c2cccc(-c3cc(-c4ccccc4)ccn3)n2)c(C)c1. The van der Waals surface area contributed by atoms with Crippen LogP contribution in [0.3, 0.4) is 0 Å². The molecule has 0 saturated carbocycles. The molecule has 5 heteroatoms. The fourth-order valence-electron chi connectivity index (χ4n) is 5.15. The average Bonchev–Trinajstić information content (AvgIpc) is 3.00. The van der Waals surface area contributed by atoms with Crippen molar-refractivity contribution < 1.29 is 0 Å². The fourth-order valence-corrected chi connectivity index (χ4v) is 5.15. The van der Waals surface area contributed by atoms with Gasteiger partial charge in [0.2, 0.25) is 0 Å². The predicted molar refractivity (Wildman–Crippen MR) is 163 cm³/mol. The zero-order valence-corrected chi connectivity index (χ0v) is 22.8. The van der Waals surface area contributed by atoms with Gasteiger partial charge in [0.15, 0.2) is 0 Å². The lowest BCUT2D eigenvalue weighted by Gasteiger charge is -2.27. The molecule has 0 spiro atoms. The first-order valence-corrected chi connectivity index (χ1v) is 13.3. The first-order chi connectivity index (χ1) is 19.6. The van der Waals surface area contributed by atoms with Gasteiger partial charge in [-0.05, 0) is 91.6 Å². The summed E-state index contributed by atoms with van der Waals surface area (Å²) in [5, 5.41) is 0. The number of nitrogens with zero attached hydrogens (tertiary/aromatic N) is 5. The molecule has 0 amide bonds. The van der Waals surface area contributed by atoms with Crippen LogP contribution in [0.4, 0.5) is 17.3 Å². The maximum absolute atomic E-state index is 5.15. The lowest BCUT2D eigenvalue weighted by atomic mass is 10.0. The molecule has 40 heavy (non-hydrogen) atoms. The Labute approximate surface area is 234 Å². The quantitative estimate of drug-likeness (QED) is 0.220. The van der Waals surface area contributed by atoms with Crippen molar-refractivity contribution in [1.82, 2.24) is 19.9 Å². The van der Waals surface area contributed by atoms with Crippen molar-refractivity contribution >= 4 is 17.3 Å². The second kappa shape index (κ2) is 10.9. The molecule has 0 N–H and O–H groups in total. The van der Waals surface area contributed by atoms with Crippen molar-refractivity contribution in [3.8, 4) is 33.9 Å². The van der Waals surface area contributed by atoms with Gasteiger partial charge in [-0.25, -0.2) is 9.97 Å². The second-order valence-electron chi connectivity index (χ2n) is 9.86. The van der Waals surface area contributed by atoms with E-state index in [0.717, 1.165) is 62.4 Å². The second-order valence-corrected chi connectivity index (χ2v) is 9.86. The number of aromatic nitrogens is 4. The molecule has 0 unspecified atom stereocenters. The van der Waals surface area contributed by atoms with Gasteiger partial charge in [-0.2, -0.15) is 0 Å². The largest absolute Gasteiger partial charge is 0.278 e. The van der Waals surface area contributed by atoms with Gasteiger partial charge in [0.1, 0.15) is 11.6 Å². The Balaban J connectivity index is 1.50. The zero-order valence-electron chi connectivity index (χ0n) is 22.8. The fraction of sp³-hybridized carbons (Fsp3) is 0.0857. The van der Waals surface area contributed by atoms with E-state index < -0.39 is 0 Å². The van der Waals surface area contributed by atoms with Crippen molar-refractivity contribution in [3.05, 3.63) is 138 Å². The third kappa shape index (κ3) is 5.09. The van der Waals surface area contributed by atoms with Gasteiger partial charge in [-0.1, -0.05) is 66.2 Å². The van der Waals surface area contributed by atoms with Crippen LogP contribution in [-0.4, -0.2) is 19.9 Å². The molecular weight excluding hydrogens is 490 g/mol. The number of rotatable bonds is 6. The first kappa shape index (κ1) is 25.1. The van der Waals surface area contributed by atoms with Gasteiger partial charge in [0, 0.05) is 12.4 Å². The lowest BCUT2D eigenvalue weighted by molar-refractivity contribution is 1.09. The highest BCUT2D eigenvalue weighted by Crippen LogP contribution is 2.38. The number of hydrogen-bond acceptors (Lipinski definition) is 5. The van der Waals surface area contributed by atoms with E-state index in [0.29, 0.717) is 0 Å². The van der Waals surface area contributed by atoms with E-state index in [1.807, 2.05) is 85.1 Å². The van der Waals surface area contributed by atoms with Crippen molar-refractivity contribution in [3.63, 3.8) is 0 Å². The van der Waals surface area contributed by atoms with Crippen LogP contribution in [0.1, 0.15) is 16.7 Å².